The monoisotopic (exact) mass is 368 g/mol. The fourth-order valence-electron chi connectivity index (χ4n) is 2.73. The number of hydrogen-bond acceptors (Lipinski definition) is 4. The Hall–Kier alpha value is -3.15. The van der Waals surface area contributed by atoms with Crippen LogP contribution in [0.5, 0.6) is 0 Å². The number of ether oxygens (including phenoxy) is 1. The molecule has 3 amide bonds. The van der Waals surface area contributed by atoms with E-state index >= 15 is 0 Å². The van der Waals surface area contributed by atoms with Crippen molar-refractivity contribution < 1.29 is 19.1 Å². The summed E-state index contributed by atoms with van der Waals surface area (Å²) in [4.78, 5) is 36.0. The second kappa shape index (κ2) is 9.52. The highest BCUT2D eigenvalue weighted by Gasteiger charge is 2.21. The molecule has 0 unspecified atom stereocenters. The molecule has 0 radical (unpaired) electrons. The van der Waals surface area contributed by atoms with E-state index < -0.39 is 30.4 Å². The number of hydrogen-bond donors (Lipinski definition) is 2. The van der Waals surface area contributed by atoms with Crippen LogP contribution in [-0.4, -0.2) is 24.5 Å². The lowest BCUT2D eigenvalue weighted by Crippen LogP contribution is -2.37. The third-order valence-corrected chi connectivity index (χ3v) is 4.12. The summed E-state index contributed by atoms with van der Waals surface area (Å²) in [6, 6.07) is 14.1. The zero-order chi connectivity index (χ0) is 19.8. The van der Waals surface area contributed by atoms with Crippen molar-refractivity contribution in [2.45, 2.75) is 33.1 Å². The van der Waals surface area contributed by atoms with Gasteiger partial charge < -0.3 is 10.1 Å². The molecule has 142 valence electrons. The summed E-state index contributed by atoms with van der Waals surface area (Å²) in [6.45, 7) is 5.17. The van der Waals surface area contributed by atoms with Gasteiger partial charge in [0.2, 0.25) is 0 Å². The minimum Gasteiger partial charge on any atom is -0.455 e. The number of benzene rings is 2. The van der Waals surface area contributed by atoms with Gasteiger partial charge in [-0.15, -0.1) is 0 Å². The van der Waals surface area contributed by atoms with E-state index in [4.69, 9.17) is 4.74 Å². The van der Waals surface area contributed by atoms with Gasteiger partial charge in [-0.25, -0.2) is 4.79 Å². The van der Waals surface area contributed by atoms with Crippen LogP contribution < -0.4 is 10.6 Å². The van der Waals surface area contributed by atoms with Crippen molar-refractivity contribution in [3.8, 4) is 0 Å². The second-order valence-electron chi connectivity index (χ2n) is 6.30. The highest BCUT2D eigenvalue weighted by Crippen LogP contribution is 2.20. The van der Waals surface area contributed by atoms with Crippen molar-refractivity contribution in [1.82, 2.24) is 5.32 Å². The lowest BCUT2D eigenvalue weighted by atomic mass is 9.97. The van der Waals surface area contributed by atoms with Gasteiger partial charge in [0, 0.05) is 5.69 Å². The molecule has 0 aliphatic heterocycles. The SMILES string of the molecule is CC[C@H](C(=O)OCC(=O)NC(=O)Nc1ccc(C)cc1C)c1ccccc1. The van der Waals surface area contributed by atoms with Crippen molar-refractivity contribution in [1.29, 1.82) is 0 Å². The van der Waals surface area contributed by atoms with Crippen LogP contribution in [0.4, 0.5) is 10.5 Å². The third-order valence-electron chi connectivity index (χ3n) is 4.12. The summed E-state index contributed by atoms with van der Waals surface area (Å²) in [7, 11) is 0. The number of carbonyl (C=O) groups excluding carboxylic acids is 3. The van der Waals surface area contributed by atoms with Crippen LogP contribution in [0.3, 0.4) is 0 Å². The zero-order valence-corrected chi connectivity index (χ0v) is 15.7. The van der Waals surface area contributed by atoms with Crippen LogP contribution in [0.1, 0.15) is 36.0 Å². The Bertz CT molecular complexity index is 818. The van der Waals surface area contributed by atoms with E-state index in [1.54, 1.807) is 6.07 Å². The zero-order valence-electron chi connectivity index (χ0n) is 15.7. The Morgan fingerprint density at radius 2 is 1.74 bits per heavy atom. The molecule has 2 rings (SSSR count). The maximum absolute atomic E-state index is 12.2. The van der Waals surface area contributed by atoms with E-state index in [2.05, 4.69) is 10.6 Å². The maximum Gasteiger partial charge on any atom is 0.325 e. The summed E-state index contributed by atoms with van der Waals surface area (Å²) in [5, 5.41) is 4.76. The molecule has 0 bridgehead atoms. The molecule has 0 heterocycles. The number of carbonyl (C=O) groups is 3. The highest BCUT2D eigenvalue weighted by atomic mass is 16.5. The van der Waals surface area contributed by atoms with E-state index in [0.29, 0.717) is 12.1 Å². The molecule has 0 aromatic heterocycles. The topological polar surface area (TPSA) is 84.5 Å². The van der Waals surface area contributed by atoms with Crippen molar-refractivity contribution in [2.24, 2.45) is 0 Å². The third kappa shape index (κ3) is 5.95. The van der Waals surface area contributed by atoms with Crippen molar-refractivity contribution in [2.75, 3.05) is 11.9 Å². The minimum absolute atomic E-state index is 0.442. The Balaban J connectivity index is 1.84. The first-order valence-corrected chi connectivity index (χ1v) is 8.80. The Morgan fingerprint density at radius 3 is 2.37 bits per heavy atom. The molecule has 6 heteroatoms. The van der Waals surface area contributed by atoms with Gasteiger partial charge >= 0.3 is 12.0 Å². The molecule has 0 spiro atoms. The molecule has 27 heavy (non-hydrogen) atoms. The van der Waals surface area contributed by atoms with Gasteiger partial charge in [0.15, 0.2) is 6.61 Å². The van der Waals surface area contributed by atoms with Gasteiger partial charge in [0.05, 0.1) is 5.92 Å². The molecule has 0 fully saturated rings. The molecular weight excluding hydrogens is 344 g/mol. The van der Waals surface area contributed by atoms with Crippen LogP contribution in [0.15, 0.2) is 48.5 Å². The number of aryl methyl sites for hydroxylation is 2. The average Bonchev–Trinajstić information content (AvgIpc) is 2.64. The van der Waals surface area contributed by atoms with E-state index in [0.717, 1.165) is 16.7 Å². The predicted molar refractivity (Wildman–Crippen MR) is 104 cm³/mol. The van der Waals surface area contributed by atoms with Gasteiger partial charge in [-0.3, -0.25) is 14.9 Å². The van der Waals surface area contributed by atoms with Crippen LogP contribution >= 0.6 is 0 Å². The van der Waals surface area contributed by atoms with Gasteiger partial charge in [0.1, 0.15) is 0 Å². The van der Waals surface area contributed by atoms with E-state index in [-0.39, 0.29) is 0 Å². The maximum atomic E-state index is 12.2. The molecular formula is C21H24N2O4. The predicted octanol–water partition coefficient (Wildman–Crippen LogP) is 3.69. The lowest BCUT2D eigenvalue weighted by molar-refractivity contribution is -0.149. The molecule has 2 aromatic carbocycles. The van der Waals surface area contributed by atoms with Crippen LogP contribution in [0, 0.1) is 13.8 Å². The number of esters is 1. The Morgan fingerprint density at radius 1 is 1.04 bits per heavy atom. The summed E-state index contributed by atoms with van der Waals surface area (Å²) < 4.78 is 5.07. The summed E-state index contributed by atoms with van der Waals surface area (Å²) in [5.74, 6) is -1.62. The molecule has 6 nitrogen and oxygen atoms in total. The first kappa shape index (κ1) is 20.2. The standard InChI is InChI=1S/C21H24N2O4/c1-4-17(16-8-6-5-7-9-16)20(25)27-13-19(24)23-21(26)22-18-11-10-14(2)12-15(18)3/h5-12,17H,4,13H2,1-3H3,(H2,22,23,24,26)/t17-/m0/s1. The smallest absolute Gasteiger partial charge is 0.325 e. The fourth-order valence-corrected chi connectivity index (χ4v) is 2.73. The molecule has 0 saturated heterocycles. The van der Waals surface area contributed by atoms with E-state index in [1.165, 1.54) is 0 Å². The largest absolute Gasteiger partial charge is 0.455 e. The van der Waals surface area contributed by atoms with Crippen LogP contribution in [-0.2, 0) is 14.3 Å². The number of amides is 3. The molecule has 0 aliphatic rings. The Kier molecular flexibility index (Phi) is 7.11. The summed E-state index contributed by atoms with van der Waals surface area (Å²) in [5.41, 5.74) is 3.40. The summed E-state index contributed by atoms with van der Waals surface area (Å²) in [6.07, 6.45) is 0.553. The van der Waals surface area contributed by atoms with E-state index in [1.807, 2.05) is 63.2 Å². The van der Waals surface area contributed by atoms with Crippen molar-refractivity contribution in [3.63, 3.8) is 0 Å². The second-order valence-corrected chi connectivity index (χ2v) is 6.30. The molecule has 2 aromatic rings. The van der Waals surface area contributed by atoms with Gasteiger partial charge in [0.25, 0.3) is 5.91 Å². The van der Waals surface area contributed by atoms with Crippen LogP contribution in [0.2, 0.25) is 0 Å². The number of rotatable bonds is 6. The summed E-state index contributed by atoms with van der Waals surface area (Å²) >= 11 is 0. The average molecular weight is 368 g/mol. The first-order valence-electron chi connectivity index (χ1n) is 8.80. The number of nitrogens with one attached hydrogen (secondary N) is 2. The van der Waals surface area contributed by atoms with Gasteiger partial charge in [-0.2, -0.15) is 0 Å². The lowest BCUT2D eigenvalue weighted by Gasteiger charge is -2.14. The van der Waals surface area contributed by atoms with Gasteiger partial charge in [-0.05, 0) is 37.5 Å². The van der Waals surface area contributed by atoms with Crippen molar-refractivity contribution >= 4 is 23.6 Å². The molecule has 0 aliphatic carbocycles. The molecule has 2 N–H and O–H groups in total. The van der Waals surface area contributed by atoms with Gasteiger partial charge in [-0.1, -0.05) is 55.0 Å². The van der Waals surface area contributed by atoms with E-state index in [9.17, 15) is 14.4 Å². The number of urea groups is 1. The fraction of sp³-hybridized carbons (Fsp3) is 0.286. The van der Waals surface area contributed by atoms with Crippen LogP contribution in [0.25, 0.3) is 0 Å². The first-order chi connectivity index (χ1) is 12.9. The van der Waals surface area contributed by atoms with Crippen molar-refractivity contribution in [3.05, 3.63) is 65.2 Å². The number of imide groups is 1. The Labute approximate surface area is 158 Å². The quantitative estimate of drug-likeness (QED) is 0.762. The molecule has 0 saturated carbocycles. The highest BCUT2D eigenvalue weighted by molar-refractivity contribution is 6.02. The minimum atomic E-state index is -0.687. The molecule has 1 atom stereocenters. The number of anilines is 1. The normalized spacial score (nSPS) is 11.4.